The average Bonchev–Trinajstić information content (AvgIpc) is 2.95. The SMILES string of the molecule is Cc1nc(C)c(C(C)NC(=O)C2CCC(C(=O)O)O2)s1. The number of thiazole rings is 1. The van der Waals surface area contributed by atoms with E-state index in [9.17, 15) is 9.59 Å². The monoisotopic (exact) mass is 298 g/mol. The molecule has 7 heteroatoms. The minimum absolute atomic E-state index is 0.152. The Balaban J connectivity index is 1.95. The predicted molar refractivity (Wildman–Crippen MR) is 73.7 cm³/mol. The second kappa shape index (κ2) is 5.88. The van der Waals surface area contributed by atoms with Crippen molar-refractivity contribution in [1.29, 1.82) is 0 Å². The molecule has 20 heavy (non-hydrogen) atoms. The van der Waals surface area contributed by atoms with Crippen molar-refractivity contribution in [2.45, 2.75) is 51.9 Å². The third-order valence-corrected chi connectivity index (χ3v) is 4.53. The number of aromatic nitrogens is 1. The number of ether oxygens (including phenoxy) is 1. The van der Waals surface area contributed by atoms with Crippen molar-refractivity contribution in [3.63, 3.8) is 0 Å². The van der Waals surface area contributed by atoms with E-state index in [1.165, 1.54) is 0 Å². The van der Waals surface area contributed by atoms with Crippen LogP contribution >= 0.6 is 11.3 Å². The fourth-order valence-electron chi connectivity index (χ4n) is 2.33. The number of nitrogens with one attached hydrogen (secondary N) is 1. The summed E-state index contributed by atoms with van der Waals surface area (Å²) in [5.41, 5.74) is 0.913. The van der Waals surface area contributed by atoms with Crippen molar-refractivity contribution < 1.29 is 19.4 Å². The summed E-state index contributed by atoms with van der Waals surface area (Å²) in [5, 5.41) is 12.7. The largest absolute Gasteiger partial charge is 0.479 e. The zero-order valence-corrected chi connectivity index (χ0v) is 12.5. The lowest BCUT2D eigenvalue weighted by Crippen LogP contribution is -2.37. The van der Waals surface area contributed by atoms with E-state index in [0.717, 1.165) is 15.6 Å². The van der Waals surface area contributed by atoms with Crippen LogP contribution in [0.15, 0.2) is 0 Å². The lowest BCUT2D eigenvalue weighted by Gasteiger charge is -2.16. The number of amides is 1. The number of hydrogen-bond acceptors (Lipinski definition) is 5. The summed E-state index contributed by atoms with van der Waals surface area (Å²) < 4.78 is 5.23. The number of carbonyl (C=O) groups excluding carboxylic acids is 1. The van der Waals surface area contributed by atoms with Crippen LogP contribution in [0.2, 0.25) is 0 Å². The molecule has 6 nitrogen and oxygen atoms in total. The molecule has 2 N–H and O–H groups in total. The number of aliphatic carboxylic acids is 1. The first-order chi connectivity index (χ1) is 9.38. The lowest BCUT2D eigenvalue weighted by atomic mass is 10.1. The fraction of sp³-hybridized carbons (Fsp3) is 0.615. The van der Waals surface area contributed by atoms with Crippen molar-refractivity contribution >= 4 is 23.2 Å². The predicted octanol–water partition coefficient (Wildman–Crippen LogP) is 1.57. The second-order valence-corrected chi connectivity index (χ2v) is 6.18. The zero-order valence-electron chi connectivity index (χ0n) is 11.7. The van der Waals surface area contributed by atoms with Gasteiger partial charge in [0.05, 0.1) is 16.7 Å². The smallest absolute Gasteiger partial charge is 0.332 e. The highest BCUT2D eigenvalue weighted by molar-refractivity contribution is 7.11. The van der Waals surface area contributed by atoms with Gasteiger partial charge in [0, 0.05) is 4.88 Å². The van der Waals surface area contributed by atoms with Gasteiger partial charge in [-0.1, -0.05) is 0 Å². The van der Waals surface area contributed by atoms with Crippen molar-refractivity contribution in [1.82, 2.24) is 10.3 Å². The van der Waals surface area contributed by atoms with Gasteiger partial charge in [0.1, 0.15) is 6.10 Å². The Hall–Kier alpha value is -1.47. The van der Waals surface area contributed by atoms with Gasteiger partial charge in [-0.2, -0.15) is 0 Å². The van der Waals surface area contributed by atoms with E-state index in [1.54, 1.807) is 11.3 Å². The van der Waals surface area contributed by atoms with Gasteiger partial charge >= 0.3 is 5.97 Å². The maximum absolute atomic E-state index is 12.1. The molecule has 2 rings (SSSR count). The van der Waals surface area contributed by atoms with Crippen LogP contribution in [0.5, 0.6) is 0 Å². The highest BCUT2D eigenvalue weighted by atomic mass is 32.1. The summed E-state index contributed by atoms with van der Waals surface area (Å²) in [6, 6.07) is -0.152. The number of aryl methyl sites for hydroxylation is 2. The minimum Gasteiger partial charge on any atom is -0.479 e. The molecule has 0 saturated carbocycles. The Kier molecular flexibility index (Phi) is 4.39. The molecule has 1 fully saturated rings. The summed E-state index contributed by atoms with van der Waals surface area (Å²) >= 11 is 1.55. The number of rotatable bonds is 4. The third kappa shape index (κ3) is 3.16. The van der Waals surface area contributed by atoms with Crippen molar-refractivity contribution in [3.8, 4) is 0 Å². The summed E-state index contributed by atoms with van der Waals surface area (Å²) in [5.74, 6) is -1.27. The first-order valence-corrected chi connectivity index (χ1v) is 7.32. The molecule has 3 atom stereocenters. The number of carbonyl (C=O) groups is 2. The Labute approximate surface area is 121 Å². The van der Waals surface area contributed by atoms with Gasteiger partial charge in [0.2, 0.25) is 5.91 Å². The molecule has 0 spiro atoms. The molecule has 1 aliphatic rings. The average molecular weight is 298 g/mol. The zero-order chi connectivity index (χ0) is 14.9. The normalized spacial score (nSPS) is 23.6. The molecule has 1 aromatic heterocycles. The van der Waals surface area contributed by atoms with E-state index in [2.05, 4.69) is 10.3 Å². The van der Waals surface area contributed by atoms with Gasteiger partial charge in [-0.25, -0.2) is 9.78 Å². The van der Waals surface area contributed by atoms with Crippen molar-refractivity contribution in [2.24, 2.45) is 0 Å². The van der Waals surface area contributed by atoms with Gasteiger partial charge in [0.25, 0.3) is 0 Å². The summed E-state index contributed by atoms with van der Waals surface area (Å²) in [7, 11) is 0. The number of nitrogens with zero attached hydrogens (tertiary/aromatic N) is 1. The Morgan fingerprint density at radius 1 is 1.40 bits per heavy atom. The highest BCUT2D eigenvalue weighted by Crippen LogP contribution is 2.26. The van der Waals surface area contributed by atoms with Crippen LogP contribution in [0.4, 0.5) is 0 Å². The highest BCUT2D eigenvalue weighted by Gasteiger charge is 2.35. The topological polar surface area (TPSA) is 88.5 Å². The Bertz CT molecular complexity index is 528. The van der Waals surface area contributed by atoms with Crippen LogP contribution < -0.4 is 5.32 Å². The van der Waals surface area contributed by atoms with E-state index < -0.39 is 18.2 Å². The summed E-state index contributed by atoms with van der Waals surface area (Å²) in [4.78, 5) is 28.2. The molecular weight excluding hydrogens is 280 g/mol. The first kappa shape index (κ1) is 14.9. The van der Waals surface area contributed by atoms with Crippen LogP contribution in [-0.2, 0) is 14.3 Å². The summed E-state index contributed by atoms with van der Waals surface area (Å²) in [6.07, 6.45) is -0.724. The molecule has 2 heterocycles. The van der Waals surface area contributed by atoms with Gasteiger partial charge < -0.3 is 15.2 Å². The molecule has 1 amide bonds. The maximum atomic E-state index is 12.1. The Morgan fingerprint density at radius 2 is 2.05 bits per heavy atom. The molecule has 110 valence electrons. The van der Waals surface area contributed by atoms with Crippen LogP contribution in [0, 0.1) is 13.8 Å². The minimum atomic E-state index is -1.01. The Morgan fingerprint density at radius 3 is 2.55 bits per heavy atom. The van der Waals surface area contributed by atoms with Crippen molar-refractivity contribution in [3.05, 3.63) is 15.6 Å². The number of hydrogen-bond donors (Lipinski definition) is 2. The number of carboxylic acid groups (broad SMARTS) is 1. The first-order valence-electron chi connectivity index (χ1n) is 6.51. The lowest BCUT2D eigenvalue weighted by molar-refractivity contribution is -0.151. The summed E-state index contributed by atoms with van der Waals surface area (Å²) in [6.45, 7) is 5.72. The molecule has 1 saturated heterocycles. The van der Waals surface area contributed by atoms with Gasteiger partial charge in [-0.3, -0.25) is 4.79 Å². The van der Waals surface area contributed by atoms with E-state index in [1.807, 2.05) is 20.8 Å². The molecule has 0 aliphatic carbocycles. The van der Waals surface area contributed by atoms with Crippen LogP contribution in [-0.4, -0.2) is 34.2 Å². The number of carboxylic acids is 1. The van der Waals surface area contributed by atoms with E-state index in [4.69, 9.17) is 9.84 Å². The molecular formula is C13H18N2O4S. The van der Waals surface area contributed by atoms with E-state index >= 15 is 0 Å². The van der Waals surface area contributed by atoms with E-state index in [-0.39, 0.29) is 11.9 Å². The molecule has 1 aromatic rings. The van der Waals surface area contributed by atoms with Crippen molar-refractivity contribution in [2.75, 3.05) is 0 Å². The quantitative estimate of drug-likeness (QED) is 0.881. The van der Waals surface area contributed by atoms with Crippen LogP contribution in [0.25, 0.3) is 0 Å². The maximum Gasteiger partial charge on any atom is 0.332 e. The van der Waals surface area contributed by atoms with Gasteiger partial charge in [0.15, 0.2) is 6.10 Å². The van der Waals surface area contributed by atoms with Gasteiger partial charge in [-0.05, 0) is 33.6 Å². The van der Waals surface area contributed by atoms with E-state index in [0.29, 0.717) is 12.8 Å². The van der Waals surface area contributed by atoms with Crippen LogP contribution in [0.1, 0.15) is 41.4 Å². The molecule has 0 bridgehead atoms. The molecule has 3 unspecified atom stereocenters. The second-order valence-electron chi connectivity index (χ2n) is 4.94. The molecule has 0 aromatic carbocycles. The molecule has 0 radical (unpaired) electrons. The van der Waals surface area contributed by atoms with Crippen LogP contribution in [0.3, 0.4) is 0 Å². The third-order valence-electron chi connectivity index (χ3n) is 3.28. The van der Waals surface area contributed by atoms with Gasteiger partial charge in [-0.15, -0.1) is 11.3 Å². The standard InChI is InChI=1S/C13H18N2O4S/c1-6-11(20-8(3)14-6)7(2)15-12(16)9-4-5-10(19-9)13(17)18/h7,9-10H,4-5H2,1-3H3,(H,15,16)(H,17,18). The molecule has 1 aliphatic heterocycles. The fourth-order valence-corrected chi connectivity index (χ4v) is 3.26.